The van der Waals surface area contributed by atoms with Gasteiger partial charge in [0.1, 0.15) is 13.2 Å². The molecule has 6 heteroatoms. The van der Waals surface area contributed by atoms with Crippen LogP contribution >= 0.6 is 0 Å². The molecule has 0 fully saturated rings. The molecule has 0 heterocycles. The zero-order valence-corrected chi connectivity index (χ0v) is 53.3. The first-order valence-corrected chi connectivity index (χ1v) is 34.4. The van der Waals surface area contributed by atoms with E-state index in [4.69, 9.17) is 14.2 Å². The van der Waals surface area contributed by atoms with Gasteiger partial charge in [0, 0.05) is 12.8 Å². The molecule has 0 aliphatic heterocycles. The van der Waals surface area contributed by atoms with Gasteiger partial charge in [-0.1, -0.05) is 310 Å². The summed E-state index contributed by atoms with van der Waals surface area (Å²) in [5, 5.41) is 0. The first-order chi connectivity index (χ1) is 40.0. The summed E-state index contributed by atoms with van der Waals surface area (Å²) < 4.78 is 16.8. The van der Waals surface area contributed by atoms with Crippen LogP contribution in [0.2, 0.25) is 0 Å². The van der Waals surface area contributed by atoms with Crippen molar-refractivity contribution in [2.75, 3.05) is 13.2 Å². The Hall–Kier alpha value is -3.93. The minimum atomic E-state index is -0.828. The molecule has 0 rings (SSSR count). The van der Waals surface area contributed by atoms with Crippen LogP contribution in [0.5, 0.6) is 0 Å². The number of hydrogen-bond donors (Lipinski definition) is 0. The van der Waals surface area contributed by atoms with Gasteiger partial charge in [0.25, 0.3) is 0 Å². The molecule has 0 bridgehead atoms. The van der Waals surface area contributed by atoms with Crippen LogP contribution in [0.4, 0.5) is 0 Å². The monoisotopic (exact) mass is 1120 g/mol. The number of esters is 3. The Morgan fingerprint density at radius 1 is 0.272 bits per heavy atom. The van der Waals surface area contributed by atoms with Gasteiger partial charge in [0.15, 0.2) is 6.10 Å². The minimum absolute atomic E-state index is 0.113. The Morgan fingerprint density at radius 3 is 0.877 bits per heavy atom. The van der Waals surface area contributed by atoms with Crippen LogP contribution in [0.15, 0.2) is 109 Å². The van der Waals surface area contributed by atoms with E-state index in [0.717, 1.165) is 96.3 Å². The average Bonchev–Trinajstić information content (AvgIpc) is 3.47. The molecule has 1 unspecified atom stereocenters. The number of rotatable bonds is 62. The Bertz CT molecular complexity index is 1620. The Morgan fingerprint density at radius 2 is 0.531 bits per heavy atom. The molecule has 464 valence electrons. The third-order valence-electron chi connectivity index (χ3n) is 14.8. The van der Waals surface area contributed by atoms with E-state index < -0.39 is 12.1 Å². The molecule has 0 saturated heterocycles. The number of hydrogen-bond acceptors (Lipinski definition) is 6. The standard InChI is InChI=1S/C75H128O6/c1-4-7-10-13-16-19-22-25-28-30-32-34-35-36-37-38-39-41-42-44-47-50-53-56-59-62-65-68-74(77)80-71-72(70-79-73(76)67-64-61-58-55-52-49-46-27-24-21-18-15-12-9-6-3)81-75(78)69-66-63-60-57-54-51-48-45-43-40-33-31-29-26-23-20-17-14-11-8-5-2/h9,12,18,21,23,26-27,30-33,43,45-46,52,55,61,64,72H,4-8,10-11,13-17,19-20,22,24-25,28-29,34-42,44,47-51,53-54,56-60,62-63,65-71H2,1-3H3/b12-9-,21-18-,26-23-,32-30-,33-31-,45-43-,46-27-,55-52-,64-61-. The molecule has 1 atom stereocenters. The summed E-state index contributed by atoms with van der Waals surface area (Å²) in [5.41, 5.74) is 0. The van der Waals surface area contributed by atoms with Crippen molar-refractivity contribution < 1.29 is 28.6 Å². The van der Waals surface area contributed by atoms with E-state index in [1.54, 1.807) is 6.08 Å². The summed E-state index contributed by atoms with van der Waals surface area (Å²) in [5.74, 6) is -1.05. The number of unbranched alkanes of at least 4 members (excludes halogenated alkanes) is 34. The summed E-state index contributed by atoms with van der Waals surface area (Å²) >= 11 is 0. The van der Waals surface area contributed by atoms with Gasteiger partial charge in [-0.25, -0.2) is 0 Å². The van der Waals surface area contributed by atoms with Crippen molar-refractivity contribution in [3.63, 3.8) is 0 Å². The molecule has 0 aliphatic carbocycles. The van der Waals surface area contributed by atoms with Gasteiger partial charge in [-0.15, -0.1) is 0 Å². The van der Waals surface area contributed by atoms with Crippen LogP contribution in [0, 0.1) is 0 Å². The lowest BCUT2D eigenvalue weighted by molar-refractivity contribution is -0.166. The smallest absolute Gasteiger partial charge is 0.309 e. The number of allylic oxidation sites excluding steroid dienone is 17. The maximum atomic E-state index is 12.9. The predicted molar refractivity (Wildman–Crippen MR) is 353 cm³/mol. The highest BCUT2D eigenvalue weighted by molar-refractivity contribution is 5.72. The van der Waals surface area contributed by atoms with Crippen molar-refractivity contribution in [3.05, 3.63) is 109 Å². The molecule has 6 nitrogen and oxygen atoms in total. The fourth-order valence-electron chi connectivity index (χ4n) is 9.64. The maximum Gasteiger partial charge on any atom is 0.309 e. The van der Waals surface area contributed by atoms with Crippen molar-refractivity contribution in [3.8, 4) is 0 Å². The van der Waals surface area contributed by atoms with E-state index in [-0.39, 0.29) is 31.6 Å². The van der Waals surface area contributed by atoms with Crippen LogP contribution in [-0.2, 0) is 28.6 Å². The molecular weight excluding hydrogens is 997 g/mol. The van der Waals surface area contributed by atoms with Crippen molar-refractivity contribution in [2.45, 2.75) is 335 Å². The van der Waals surface area contributed by atoms with Crippen molar-refractivity contribution >= 4 is 17.9 Å². The zero-order chi connectivity index (χ0) is 58.5. The average molecular weight is 1130 g/mol. The highest BCUT2D eigenvalue weighted by atomic mass is 16.6. The molecule has 0 radical (unpaired) electrons. The molecule has 0 aromatic heterocycles. The maximum absolute atomic E-state index is 12.9. The highest BCUT2D eigenvalue weighted by Crippen LogP contribution is 2.17. The molecular formula is C75H128O6. The molecule has 0 N–H and O–H groups in total. The normalized spacial score (nSPS) is 12.8. The van der Waals surface area contributed by atoms with Crippen LogP contribution in [0.1, 0.15) is 329 Å². The number of carbonyl (C=O) groups excluding carboxylic acids is 3. The van der Waals surface area contributed by atoms with E-state index >= 15 is 0 Å². The van der Waals surface area contributed by atoms with Crippen molar-refractivity contribution in [2.24, 2.45) is 0 Å². The second kappa shape index (κ2) is 68.6. The lowest BCUT2D eigenvalue weighted by atomic mass is 10.0. The molecule has 81 heavy (non-hydrogen) atoms. The van der Waals surface area contributed by atoms with Crippen molar-refractivity contribution in [1.29, 1.82) is 0 Å². The van der Waals surface area contributed by atoms with E-state index in [9.17, 15) is 14.4 Å². The van der Waals surface area contributed by atoms with Crippen LogP contribution < -0.4 is 0 Å². The molecule has 0 amide bonds. The van der Waals surface area contributed by atoms with Crippen LogP contribution in [0.3, 0.4) is 0 Å². The Labute approximate surface area is 501 Å². The Kier molecular flexibility index (Phi) is 65.2. The second-order valence-corrected chi connectivity index (χ2v) is 22.7. The van der Waals surface area contributed by atoms with Crippen LogP contribution in [-0.4, -0.2) is 37.2 Å². The third kappa shape index (κ3) is 66.8. The quantitative estimate of drug-likeness (QED) is 0.0261. The fourth-order valence-corrected chi connectivity index (χ4v) is 9.64. The van der Waals surface area contributed by atoms with E-state index in [1.165, 1.54) is 193 Å². The zero-order valence-electron chi connectivity index (χ0n) is 53.3. The Balaban J connectivity index is 4.38. The molecule has 0 spiro atoms. The molecule has 0 aliphatic rings. The van der Waals surface area contributed by atoms with Gasteiger partial charge < -0.3 is 14.2 Å². The molecule has 0 aromatic rings. The van der Waals surface area contributed by atoms with Gasteiger partial charge in [-0.05, 0) is 109 Å². The van der Waals surface area contributed by atoms with E-state index in [1.807, 2.05) is 6.08 Å². The number of ether oxygens (including phenoxy) is 3. The first kappa shape index (κ1) is 77.1. The lowest BCUT2D eigenvalue weighted by Gasteiger charge is -2.18. The third-order valence-corrected chi connectivity index (χ3v) is 14.8. The first-order valence-electron chi connectivity index (χ1n) is 34.4. The van der Waals surface area contributed by atoms with Gasteiger partial charge in [-0.3, -0.25) is 14.4 Å². The topological polar surface area (TPSA) is 78.9 Å². The fraction of sp³-hybridized carbons (Fsp3) is 0.720. The number of carbonyl (C=O) groups is 3. The lowest BCUT2D eigenvalue weighted by Crippen LogP contribution is -2.30. The predicted octanol–water partition coefficient (Wildman–Crippen LogP) is 23.8. The van der Waals surface area contributed by atoms with E-state index in [2.05, 4.69) is 118 Å². The summed E-state index contributed by atoms with van der Waals surface area (Å²) in [7, 11) is 0. The van der Waals surface area contributed by atoms with Crippen molar-refractivity contribution in [1.82, 2.24) is 0 Å². The summed E-state index contributed by atoms with van der Waals surface area (Å²) in [4.78, 5) is 38.3. The van der Waals surface area contributed by atoms with Crippen LogP contribution in [0.25, 0.3) is 0 Å². The summed E-state index contributed by atoms with van der Waals surface area (Å²) in [6.07, 6.45) is 94.3. The second-order valence-electron chi connectivity index (χ2n) is 22.7. The minimum Gasteiger partial charge on any atom is -0.462 e. The van der Waals surface area contributed by atoms with E-state index in [0.29, 0.717) is 12.8 Å². The SMILES string of the molecule is CC/C=C\C/C=C\C/C=C\C/C=C\C/C=C\CC(=O)OCC(COC(=O)CCCCCCCCCCCCCCCCC/C=C\CCCCCCCCCC)OC(=O)CCCCCCCC/C=C\C/C=C\C/C=C\CCCCCCC. The molecule has 0 aromatic carbocycles. The molecule has 0 saturated carbocycles. The van der Waals surface area contributed by atoms with Gasteiger partial charge in [-0.2, -0.15) is 0 Å². The van der Waals surface area contributed by atoms with Gasteiger partial charge in [0.05, 0.1) is 6.42 Å². The summed E-state index contributed by atoms with van der Waals surface area (Å²) in [6.45, 7) is 6.45. The highest BCUT2D eigenvalue weighted by Gasteiger charge is 2.19. The van der Waals surface area contributed by atoms with Gasteiger partial charge >= 0.3 is 17.9 Å². The summed E-state index contributed by atoms with van der Waals surface area (Å²) in [6, 6.07) is 0. The largest absolute Gasteiger partial charge is 0.462 e. The van der Waals surface area contributed by atoms with Gasteiger partial charge in [0.2, 0.25) is 0 Å².